The molecule has 0 saturated carbocycles. The number of aliphatic hydroxyl groups is 1. The van der Waals surface area contributed by atoms with E-state index in [9.17, 15) is 10.2 Å². The third kappa shape index (κ3) is 5.99. The lowest BCUT2D eigenvalue weighted by Gasteiger charge is -2.48. The van der Waals surface area contributed by atoms with Crippen LogP contribution in [0.2, 0.25) is 0 Å². The summed E-state index contributed by atoms with van der Waals surface area (Å²) in [5.41, 5.74) is 0.596. The highest BCUT2D eigenvalue weighted by Crippen LogP contribution is 2.39. The largest absolute Gasteiger partial charge is 0.508 e. The third-order valence-corrected chi connectivity index (χ3v) is 5.17. The van der Waals surface area contributed by atoms with E-state index in [2.05, 4.69) is 4.90 Å². The number of carbonyl (C=O) groups is 1. The van der Waals surface area contributed by atoms with Gasteiger partial charge in [-0.3, -0.25) is 4.79 Å². The molecular formula is C19H29NO5. The number of piperidine rings is 1. The Morgan fingerprint density at radius 2 is 1.80 bits per heavy atom. The van der Waals surface area contributed by atoms with Gasteiger partial charge in [-0.05, 0) is 50.3 Å². The van der Waals surface area contributed by atoms with Crippen LogP contribution in [0.4, 0.5) is 0 Å². The lowest BCUT2D eigenvalue weighted by Crippen LogP contribution is -2.53. The lowest BCUT2D eigenvalue weighted by atomic mass is 9.78. The molecule has 6 nitrogen and oxygen atoms in total. The van der Waals surface area contributed by atoms with E-state index in [4.69, 9.17) is 14.6 Å². The molecule has 0 amide bonds. The van der Waals surface area contributed by atoms with Gasteiger partial charge in [0.1, 0.15) is 5.75 Å². The number of phenolic OH excluding ortho intramolecular Hbond substituents is 1. The van der Waals surface area contributed by atoms with Crippen LogP contribution < -0.4 is 0 Å². The first-order valence-electron chi connectivity index (χ1n) is 8.83. The van der Waals surface area contributed by atoms with Crippen molar-refractivity contribution in [3.05, 3.63) is 29.8 Å². The smallest absolute Gasteiger partial charge is 0.290 e. The van der Waals surface area contributed by atoms with Crippen LogP contribution in [0.25, 0.3) is 0 Å². The Morgan fingerprint density at radius 1 is 1.20 bits per heavy atom. The van der Waals surface area contributed by atoms with E-state index in [-0.39, 0.29) is 12.1 Å². The zero-order chi connectivity index (χ0) is 18.3. The quantitative estimate of drug-likeness (QED) is 0.722. The molecule has 0 aromatic heterocycles. The summed E-state index contributed by atoms with van der Waals surface area (Å²) in [7, 11) is 0. The number of benzene rings is 1. The molecule has 0 radical (unpaired) electrons. The van der Waals surface area contributed by atoms with Gasteiger partial charge in [0, 0.05) is 26.1 Å². The molecule has 140 valence electrons. The van der Waals surface area contributed by atoms with Crippen LogP contribution in [-0.2, 0) is 16.0 Å². The molecule has 1 atom stereocenters. The van der Waals surface area contributed by atoms with Crippen molar-refractivity contribution in [1.29, 1.82) is 0 Å². The monoisotopic (exact) mass is 351 g/mol. The van der Waals surface area contributed by atoms with Crippen LogP contribution in [0.5, 0.6) is 5.75 Å². The number of likely N-dealkylation sites (tertiary alicyclic amines) is 1. The number of nitrogens with zero attached hydrogens (tertiary/aromatic N) is 1. The molecule has 2 aliphatic rings. The Balaban J connectivity index is 0.000000701. The fourth-order valence-corrected chi connectivity index (χ4v) is 3.78. The van der Waals surface area contributed by atoms with Crippen LogP contribution in [0.3, 0.4) is 0 Å². The first-order chi connectivity index (χ1) is 11.9. The minimum Gasteiger partial charge on any atom is -0.508 e. The van der Waals surface area contributed by atoms with E-state index in [1.54, 1.807) is 12.1 Å². The van der Waals surface area contributed by atoms with Gasteiger partial charge < -0.3 is 25.0 Å². The zero-order valence-corrected chi connectivity index (χ0v) is 14.9. The average Bonchev–Trinajstić information content (AvgIpc) is 2.56. The molecule has 3 rings (SSSR count). The molecule has 2 fully saturated rings. The molecule has 1 aromatic rings. The zero-order valence-electron chi connectivity index (χ0n) is 14.9. The molecule has 1 aromatic carbocycles. The number of aromatic hydroxyl groups is 1. The average molecular weight is 351 g/mol. The standard InChI is InChI=1S/C18H27NO3.CH2O2/c1-17(21)9-13-22-18(14-17)7-11-19(12-8-18)10-6-15-2-4-16(20)5-3-15;2-1-3/h2-5,20-21H,6-14H2,1H3;1H,(H,2,3). The highest BCUT2D eigenvalue weighted by atomic mass is 16.5. The normalized spacial score (nSPS) is 25.8. The van der Waals surface area contributed by atoms with E-state index in [1.807, 2.05) is 19.1 Å². The van der Waals surface area contributed by atoms with Crippen molar-refractivity contribution in [3.63, 3.8) is 0 Å². The van der Waals surface area contributed by atoms with E-state index in [1.165, 1.54) is 5.56 Å². The number of phenols is 1. The van der Waals surface area contributed by atoms with Crippen molar-refractivity contribution in [2.45, 2.75) is 50.2 Å². The molecule has 0 bridgehead atoms. The van der Waals surface area contributed by atoms with Gasteiger partial charge in [-0.1, -0.05) is 12.1 Å². The second-order valence-corrected chi connectivity index (χ2v) is 7.32. The first-order valence-corrected chi connectivity index (χ1v) is 8.83. The van der Waals surface area contributed by atoms with Gasteiger partial charge >= 0.3 is 0 Å². The summed E-state index contributed by atoms with van der Waals surface area (Å²) in [6.07, 6.45) is 4.55. The van der Waals surface area contributed by atoms with Gasteiger partial charge in [-0.2, -0.15) is 0 Å². The summed E-state index contributed by atoms with van der Waals surface area (Å²) in [4.78, 5) is 10.8. The Morgan fingerprint density at radius 3 is 2.36 bits per heavy atom. The minimum absolute atomic E-state index is 0.100. The van der Waals surface area contributed by atoms with Gasteiger partial charge in [0.2, 0.25) is 0 Å². The maximum absolute atomic E-state index is 10.3. The Bertz CT molecular complexity index is 535. The van der Waals surface area contributed by atoms with E-state index >= 15 is 0 Å². The van der Waals surface area contributed by atoms with Crippen molar-refractivity contribution in [3.8, 4) is 5.75 Å². The van der Waals surface area contributed by atoms with Crippen molar-refractivity contribution < 1.29 is 24.9 Å². The molecule has 2 saturated heterocycles. The molecule has 0 aliphatic carbocycles. The predicted molar refractivity (Wildman–Crippen MR) is 94.7 cm³/mol. The molecule has 2 heterocycles. The summed E-state index contributed by atoms with van der Waals surface area (Å²) in [5, 5.41) is 26.5. The van der Waals surface area contributed by atoms with Crippen LogP contribution >= 0.6 is 0 Å². The number of hydrogen-bond donors (Lipinski definition) is 3. The summed E-state index contributed by atoms with van der Waals surface area (Å²) in [6.45, 7) is 5.48. The van der Waals surface area contributed by atoms with Crippen molar-refractivity contribution in [2.24, 2.45) is 0 Å². The predicted octanol–water partition coefficient (Wildman–Crippen LogP) is 2.03. The summed E-state index contributed by atoms with van der Waals surface area (Å²) >= 11 is 0. The number of carboxylic acid groups (broad SMARTS) is 1. The SMILES string of the molecule is CC1(O)CCOC2(CCN(CCc3ccc(O)cc3)CC2)C1.O=CO. The van der Waals surface area contributed by atoms with Gasteiger partial charge in [0.25, 0.3) is 6.47 Å². The highest BCUT2D eigenvalue weighted by Gasteiger charge is 2.44. The second kappa shape index (κ2) is 8.65. The number of rotatable bonds is 3. The molecule has 3 N–H and O–H groups in total. The van der Waals surface area contributed by atoms with Crippen LogP contribution in [0.1, 0.15) is 38.2 Å². The fraction of sp³-hybridized carbons (Fsp3) is 0.632. The number of ether oxygens (including phenoxy) is 1. The Kier molecular flexibility index (Phi) is 6.81. The Labute approximate surface area is 149 Å². The highest BCUT2D eigenvalue weighted by molar-refractivity contribution is 5.32. The van der Waals surface area contributed by atoms with Crippen molar-refractivity contribution in [1.82, 2.24) is 4.90 Å². The van der Waals surface area contributed by atoms with Crippen molar-refractivity contribution in [2.75, 3.05) is 26.2 Å². The van der Waals surface area contributed by atoms with Gasteiger partial charge in [0.05, 0.1) is 17.8 Å². The molecule has 1 spiro atoms. The summed E-state index contributed by atoms with van der Waals surface area (Å²) in [5.74, 6) is 0.324. The van der Waals surface area contributed by atoms with Crippen LogP contribution in [-0.4, -0.2) is 64.1 Å². The lowest BCUT2D eigenvalue weighted by molar-refractivity contribution is -0.172. The van der Waals surface area contributed by atoms with Gasteiger partial charge in [-0.25, -0.2) is 0 Å². The first kappa shape index (κ1) is 19.7. The molecule has 6 heteroatoms. The summed E-state index contributed by atoms with van der Waals surface area (Å²) in [6, 6.07) is 7.47. The van der Waals surface area contributed by atoms with Crippen LogP contribution in [0, 0.1) is 0 Å². The van der Waals surface area contributed by atoms with E-state index < -0.39 is 5.60 Å². The second-order valence-electron chi connectivity index (χ2n) is 7.32. The van der Waals surface area contributed by atoms with E-state index in [0.717, 1.165) is 51.7 Å². The van der Waals surface area contributed by atoms with Crippen LogP contribution in [0.15, 0.2) is 24.3 Å². The topological polar surface area (TPSA) is 90.2 Å². The van der Waals surface area contributed by atoms with Crippen molar-refractivity contribution >= 4 is 6.47 Å². The molecule has 25 heavy (non-hydrogen) atoms. The number of hydrogen-bond acceptors (Lipinski definition) is 5. The summed E-state index contributed by atoms with van der Waals surface area (Å²) < 4.78 is 6.05. The third-order valence-electron chi connectivity index (χ3n) is 5.17. The fourth-order valence-electron chi connectivity index (χ4n) is 3.78. The maximum Gasteiger partial charge on any atom is 0.290 e. The minimum atomic E-state index is -0.563. The maximum atomic E-state index is 10.3. The molecule has 2 aliphatic heterocycles. The van der Waals surface area contributed by atoms with Gasteiger partial charge in [0.15, 0.2) is 0 Å². The Hall–Kier alpha value is -1.63. The molecule has 1 unspecified atom stereocenters. The van der Waals surface area contributed by atoms with Gasteiger partial charge in [-0.15, -0.1) is 0 Å². The molecular weight excluding hydrogens is 322 g/mol. The van der Waals surface area contributed by atoms with E-state index in [0.29, 0.717) is 12.4 Å².